The van der Waals surface area contributed by atoms with Crippen LogP contribution < -0.4 is 5.48 Å². The first kappa shape index (κ1) is 8.64. The first-order valence-electron chi connectivity index (χ1n) is 3.94. The van der Waals surface area contributed by atoms with Crippen molar-refractivity contribution in [1.29, 1.82) is 0 Å². The summed E-state index contributed by atoms with van der Waals surface area (Å²) in [4.78, 5) is 26.7. The summed E-state index contributed by atoms with van der Waals surface area (Å²) in [6.45, 7) is 0. The second kappa shape index (κ2) is 3.43. The Morgan fingerprint density at radius 3 is 3.21 bits per heavy atom. The smallest absolute Gasteiger partial charge is 0.295 e. The number of nitrogens with one attached hydrogen (secondary N) is 2. The molecule has 0 aliphatic carbocycles. The third-order valence-electron chi connectivity index (χ3n) is 1.75. The second-order valence-corrected chi connectivity index (χ2v) is 2.59. The molecule has 0 saturated carbocycles. The number of fused-ring (bicyclic) bond motifs is 1. The molecule has 0 aromatic carbocycles. The number of hydroxylamine groups is 1. The van der Waals surface area contributed by atoms with E-state index in [1.165, 1.54) is 19.6 Å². The number of aromatic amines is 1. The van der Waals surface area contributed by atoms with Gasteiger partial charge in [0.25, 0.3) is 5.91 Å². The number of imidazole rings is 1. The van der Waals surface area contributed by atoms with Crippen molar-refractivity contribution in [1.82, 2.24) is 20.4 Å². The first-order valence-corrected chi connectivity index (χ1v) is 3.94. The van der Waals surface area contributed by atoms with Crippen LogP contribution in [0.25, 0.3) is 11.0 Å². The molecule has 0 radical (unpaired) electrons. The van der Waals surface area contributed by atoms with Crippen LogP contribution in [0.3, 0.4) is 0 Å². The van der Waals surface area contributed by atoms with E-state index in [2.05, 4.69) is 25.3 Å². The molecule has 14 heavy (non-hydrogen) atoms. The standard InChI is InChI=1S/C8H8N4O2/c1-14-12-8(13)7-6-5(2-3-9-7)10-4-11-6/h2-4H,1H3,(H,10,11)(H,12,13). The van der Waals surface area contributed by atoms with E-state index in [1.807, 2.05) is 0 Å². The number of pyridine rings is 1. The van der Waals surface area contributed by atoms with E-state index >= 15 is 0 Å². The summed E-state index contributed by atoms with van der Waals surface area (Å²) in [6.07, 6.45) is 3.04. The summed E-state index contributed by atoms with van der Waals surface area (Å²) in [7, 11) is 1.36. The minimum atomic E-state index is -0.412. The van der Waals surface area contributed by atoms with Crippen molar-refractivity contribution in [2.75, 3.05) is 7.11 Å². The predicted molar refractivity (Wildman–Crippen MR) is 48.4 cm³/mol. The summed E-state index contributed by atoms with van der Waals surface area (Å²) in [5, 5.41) is 0. The lowest BCUT2D eigenvalue weighted by atomic mass is 10.3. The van der Waals surface area contributed by atoms with Gasteiger partial charge in [-0.05, 0) is 6.07 Å². The van der Waals surface area contributed by atoms with Crippen LogP contribution >= 0.6 is 0 Å². The Morgan fingerprint density at radius 1 is 1.57 bits per heavy atom. The number of amides is 1. The maximum absolute atomic E-state index is 11.4. The lowest BCUT2D eigenvalue weighted by Crippen LogP contribution is -2.23. The maximum atomic E-state index is 11.4. The van der Waals surface area contributed by atoms with Gasteiger partial charge in [0.15, 0.2) is 5.69 Å². The highest BCUT2D eigenvalue weighted by molar-refractivity contribution is 6.02. The quantitative estimate of drug-likeness (QED) is 0.668. The lowest BCUT2D eigenvalue weighted by Gasteiger charge is -2.00. The van der Waals surface area contributed by atoms with Gasteiger partial charge in [-0.15, -0.1) is 0 Å². The number of nitrogens with zero attached hydrogens (tertiary/aromatic N) is 2. The summed E-state index contributed by atoms with van der Waals surface area (Å²) >= 11 is 0. The average molecular weight is 192 g/mol. The molecule has 0 bridgehead atoms. The molecule has 2 aromatic heterocycles. The molecule has 0 unspecified atom stereocenters. The molecule has 2 aromatic rings. The molecule has 0 spiro atoms. The van der Waals surface area contributed by atoms with Crippen LogP contribution in [0.1, 0.15) is 10.5 Å². The topological polar surface area (TPSA) is 79.9 Å². The molecule has 2 heterocycles. The molecule has 0 saturated heterocycles. The van der Waals surface area contributed by atoms with Crippen molar-refractivity contribution in [2.45, 2.75) is 0 Å². The Bertz CT molecular complexity index is 465. The van der Waals surface area contributed by atoms with Gasteiger partial charge >= 0.3 is 0 Å². The SMILES string of the molecule is CONC(=O)c1nccc2[nH]cnc12. The highest BCUT2D eigenvalue weighted by atomic mass is 16.6. The summed E-state index contributed by atoms with van der Waals surface area (Å²) < 4.78 is 0. The summed E-state index contributed by atoms with van der Waals surface area (Å²) in [5.74, 6) is -0.412. The Morgan fingerprint density at radius 2 is 2.43 bits per heavy atom. The van der Waals surface area contributed by atoms with E-state index in [4.69, 9.17) is 0 Å². The van der Waals surface area contributed by atoms with Crippen molar-refractivity contribution >= 4 is 16.9 Å². The van der Waals surface area contributed by atoms with Crippen LogP contribution in [-0.4, -0.2) is 28.0 Å². The zero-order valence-corrected chi connectivity index (χ0v) is 7.44. The number of hydrogen-bond acceptors (Lipinski definition) is 4. The molecule has 6 nitrogen and oxygen atoms in total. The van der Waals surface area contributed by atoms with Crippen LogP contribution in [-0.2, 0) is 4.84 Å². The molecule has 1 amide bonds. The minimum Gasteiger partial charge on any atom is -0.344 e. The molecular formula is C8H8N4O2. The van der Waals surface area contributed by atoms with Crippen molar-refractivity contribution in [3.05, 3.63) is 24.3 Å². The van der Waals surface area contributed by atoms with Crippen molar-refractivity contribution < 1.29 is 9.63 Å². The van der Waals surface area contributed by atoms with Crippen LogP contribution in [0.4, 0.5) is 0 Å². The summed E-state index contributed by atoms with van der Waals surface area (Å²) in [6, 6.07) is 1.74. The fraction of sp³-hybridized carbons (Fsp3) is 0.125. The molecule has 0 atom stereocenters. The van der Waals surface area contributed by atoms with Gasteiger partial charge < -0.3 is 4.98 Å². The third-order valence-corrected chi connectivity index (χ3v) is 1.75. The van der Waals surface area contributed by atoms with Crippen molar-refractivity contribution in [3.63, 3.8) is 0 Å². The van der Waals surface area contributed by atoms with Gasteiger partial charge in [-0.1, -0.05) is 0 Å². The maximum Gasteiger partial charge on any atom is 0.295 e. The molecule has 2 N–H and O–H groups in total. The Kier molecular flexibility index (Phi) is 2.11. The molecule has 6 heteroatoms. The largest absolute Gasteiger partial charge is 0.344 e. The van der Waals surface area contributed by atoms with Gasteiger partial charge in [0.2, 0.25) is 0 Å². The van der Waals surface area contributed by atoms with Crippen LogP contribution in [0.2, 0.25) is 0 Å². The zero-order valence-electron chi connectivity index (χ0n) is 7.44. The van der Waals surface area contributed by atoms with Crippen LogP contribution in [0.5, 0.6) is 0 Å². The van der Waals surface area contributed by atoms with Gasteiger partial charge in [0.1, 0.15) is 5.52 Å². The van der Waals surface area contributed by atoms with E-state index in [-0.39, 0.29) is 5.69 Å². The van der Waals surface area contributed by atoms with Gasteiger partial charge in [-0.3, -0.25) is 9.63 Å². The Balaban J connectivity index is 2.50. The second-order valence-electron chi connectivity index (χ2n) is 2.59. The van der Waals surface area contributed by atoms with Gasteiger partial charge in [-0.2, -0.15) is 0 Å². The molecule has 72 valence electrons. The number of aromatic nitrogens is 3. The minimum absolute atomic E-state index is 0.241. The molecule has 0 fully saturated rings. The lowest BCUT2D eigenvalue weighted by molar-refractivity contribution is 0.0534. The van der Waals surface area contributed by atoms with Crippen molar-refractivity contribution in [2.24, 2.45) is 0 Å². The van der Waals surface area contributed by atoms with Crippen molar-refractivity contribution in [3.8, 4) is 0 Å². The highest BCUT2D eigenvalue weighted by Crippen LogP contribution is 2.11. The number of rotatable bonds is 2. The number of hydrogen-bond donors (Lipinski definition) is 2. The van der Waals surface area contributed by atoms with E-state index in [0.29, 0.717) is 5.52 Å². The van der Waals surface area contributed by atoms with Gasteiger partial charge in [0.05, 0.1) is 19.0 Å². The number of carbonyl (C=O) groups is 1. The fourth-order valence-corrected chi connectivity index (χ4v) is 1.17. The zero-order chi connectivity index (χ0) is 9.97. The molecule has 0 aliphatic rings. The Labute approximate surface area is 79.3 Å². The number of H-pyrrole nitrogens is 1. The molecule has 0 aliphatic heterocycles. The van der Waals surface area contributed by atoms with Gasteiger partial charge in [0, 0.05) is 6.20 Å². The van der Waals surface area contributed by atoms with E-state index in [1.54, 1.807) is 6.07 Å². The van der Waals surface area contributed by atoms with Gasteiger partial charge in [-0.25, -0.2) is 15.4 Å². The molecule has 2 rings (SSSR count). The monoisotopic (exact) mass is 192 g/mol. The number of carbonyl (C=O) groups excluding carboxylic acids is 1. The fourth-order valence-electron chi connectivity index (χ4n) is 1.17. The third kappa shape index (κ3) is 1.31. The predicted octanol–water partition coefficient (Wildman–Crippen LogP) is 0.249. The van der Waals surface area contributed by atoms with Crippen LogP contribution in [0, 0.1) is 0 Å². The van der Waals surface area contributed by atoms with E-state index < -0.39 is 5.91 Å². The van der Waals surface area contributed by atoms with Crippen LogP contribution in [0.15, 0.2) is 18.6 Å². The highest BCUT2D eigenvalue weighted by Gasteiger charge is 2.12. The summed E-state index contributed by atoms with van der Waals surface area (Å²) in [5.41, 5.74) is 3.72. The first-order chi connectivity index (χ1) is 6.83. The molecular weight excluding hydrogens is 184 g/mol. The van der Waals surface area contributed by atoms with E-state index in [0.717, 1.165) is 5.52 Å². The average Bonchev–Trinajstić information content (AvgIpc) is 2.65. The normalized spacial score (nSPS) is 10.4. The Hall–Kier alpha value is -1.95. The van der Waals surface area contributed by atoms with E-state index in [9.17, 15) is 4.79 Å².